The minimum Gasteiger partial charge on any atom is -0.475 e. The first-order chi connectivity index (χ1) is 15.0. The predicted octanol–water partition coefficient (Wildman–Crippen LogP) is 2.37. The lowest BCUT2D eigenvalue weighted by Crippen LogP contribution is -2.29. The van der Waals surface area contributed by atoms with Crippen molar-refractivity contribution in [1.82, 2.24) is 25.1 Å². The molecule has 4 rings (SSSR count). The van der Waals surface area contributed by atoms with Crippen LogP contribution in [0, 0.1) is 0 Å². The van der Waals surface area contributed by atoms with Crippen molar-refractivity contribution < 1.29 is 19.1 Å². The number of hydrogen-bond acceptors (Lipinski definition) is 8. The van der Waals surface area contributed by atoms with Gasteiger partial charge in [-0.2, -0.15) is 5.10 Å². The van der Waals surface area contributed by atoms with Gasteiger partial charge in [-0.15, -0.1) is 11.3 Å². The maximum absolute atomic E-state index is 12.8. The molecule has 1 aliphatic heterocycles. The number of ether oxygens (including phenoxy) is 2. The molecular weight excluding hydrogens is 420 g/mol. The molecule has 0 radical (unpaired) electrons. The summed E-state index contributed by atoms with van der Waals surface area (Å²) in [7, 11) is 0. The second-order valence-corrected chi connectivity index (χ2v) is 7.91. The molecule has 0 saturated carbocycles. The first kappa shape index (κ1) is 20.9. The Bertz CT molecular complexity index is 1090. The summed E-state index contributed by atoms with van der Waals surface area (Å²) in [5, 5.41) is 12.2. The van der Waals surface area contributed by atoms with Crippen molar-refractivity contribution in [2.75, 3.05) is 31.7 Å². The summed E-state index contributed by atoms with van der Waals surface area (Å²) in [6, 6.07) is 3.60. The Balaban J connectivity index is 1.66. The highest BCUT2D eigenvalue weighted by atomic mass is 32.1. The van der Waals surface area contributed by atoms with E-state index < -0.39 is 11.8 Å². The van der Waals surface area contributed by atoms with E-state index in [9.17, 15) is 9.59 Å². The molecule has 3 aromatic heterocycles. The van der Waals surface area contributed by atoms with Crippen LogP contribution in [0.2, 0.25) is 0 Å². The highest BCUT2D eigenvalue weighted by Gasteiger charge is 2.21. The number of carbonyl (C=O) groups is 2. The Hall–Kier alpha value is -3.31. The lowest BCUT2D eigenvalue weighted by atomic mass is 10.3. The van der Waals surface area contributed by atoms with E-state index in [-0.39, 0.29) is 17.4 Å². The molecule has 162 valence electrons. The number of fused-ring (bicyclic) bond motifs is 6. The van der Waals surface area contributed by atoms with E-state index in [1.54, 1.807) is 34.6 Å². The molecule has 4 heterocycles. The van der Waals surface area contributed by atoms with Crippen LogP contribution in [0.15, 0.2) is 29.9 Å². The van der Waals surface area contributed by atoms with Crippen LogP contribution in [-0.4, -0.2) is 57.9 Å². The summed E-state index contributed by atoms with van der Waals surface area (Å²) < 4.78 is 12.7. The molecule has 10 nitrogen and oxygen atoms in total. The number of carbonyl (C=O) groups excluding carboxylic acids is 2. The van der Waals surface area contributed by atoms with Crippen molar-refractivity contribution in [3.63, 3.8) is 0 Å². The van der Waals surface area contributed by atoms with E-state index in [1.807, 2.05) is 13.8 Å². The number of amides is 2. The first-order valence-electron chi connectivity index (χ1n) is 9.82. The highest BCUT2D eigenvalue weighted by molar-refractivity contribution is 7.13. The molecule has 0 aromatic carbocycles. The largest absolute Gasteiger partial charge is 0.475 e. The van der Waals surface area contributed by atoms with Gasteiger partial charge in [-0.3, -0.25) is 14.3 Å². The van der Waals surface area contributed by atoms with E-state index >= 15 is 0 Å². The molecule has 0 fully saturated rings. The fourth-order valence-electron chi connectivity index (χ4n) is 2.86. The lowest BCUT2D eigenvalue weighted by Gasteiger charge is -2.09. The summed E-state index contributed by atoms with van der Waals surface area (Å²) >= 11 is 1.33. The van der Waals surface area contributed by atoms with Gasteiger partial charge in [-0.05, 0) is 19.9 Å². The number of rotatable bonds is 1. The van der Waals surface area contributed by atoms with E-state index in [0.29, 0.717) is 42.9 Å². The van der Waals surface area contributed by atoms with Crippen LogP contribution in [0.3, 0.4) is 0 Å². The van der Waals surface area contributed by atoms with Crippen LogP contribution in [0.4, 0.5) is 5.69 Å². The summed E-state index contributed by atoms with van der Waals surface area (Å²) in [4.78, 5) is 34.1. The molecule has 2 amide bonds. The van der Waals surface area contributed by atoms with Crippen molar-refractivity contribution in [2.24, 2.45) is 0 Å². The van der Waals surface area contributed by atoms with Crippen molar-refractivity contribution in [1.29, 1.82) is 0 Å². The third kappa shape index (κ3) is 4.89. The van der Waals surface area contributed by atoms with Gasteiger partial charge in [0.15, 0.2) is 5.69 Å². The molecule has 31 heavy (non-hydrogen) atoms. The Morgan fingerprint density at radius 1 is 1.19 bits per heavy atom. The Morgan fingerprint density at radius 2 is 2.06 bits per heavy atom. The maximum atomic E-state index is 12.8. The minimum atomic E-state index is -0.421. The van der Waals surface area contributed by atoms with E-state index in [2.05, 4.69) is 25.7 Å². The summed E-state index contributed by atoms with van der Waals surface area (Å²) in [6.07, 6.45) is 3.28. The average Bonchev–Trinajstić information content (AvgIpc) is 3.40. The molecule has 2 N–H and O–H groups in total. The summed E-state index contributed by atoms with van der Waals surface area (Å²) in [5.41, 5.74) is 1.51. The van der Waals surface area contributed by atoms with Gasteiger partial charge in [0.05, 0.1) is 18.9 Å². The number of anilines is 1. The second kappa shape index (κ2) is 9.23. The number of nitrogens with one attached hydrogen (secondary N) is 2. The zero-order valence-corrected chi connectivity index (χ0v) is 17.9. The van der Waals surface area contributed by atoms with Crippen molar-refractivity contribution >= 4 is 28.8 Å². The van der Waals surface area contributed by atoms with Gasteiger partial charge >= 0.3 is 0 Å². The van der Waals surface area contributed by atoms with Crippen LogP contribution in [-0.2, 0) is 4.74 Å². The standard InChI is InChI=1S/C20H22N6O4S/c1-12(2)26-10-14-17(25-26)19(28)22-5-6-29-7-8-30-16-9-13(3-4-21-16)20-24-15(11-31-20)18(27)23-14/h3-4,9-12H,5-8H2,1-2H3,(H,22,28)(H,23,27). The molecule has 1 aliphatic rings. The number of aromatic nitrogens is 4. The van der Waals surface area contributed by atoms with Crippen molar-refractivity contribution in [2.45, 2.75) is 19.9 Å². The van der Waals surface area contributed by atoms with Crippen LogP contribution in [0.1, 0.15) is 40.9 Å². The van der Waals surface area contributed by atoms with E-state index in [0.717, 1.165) is 5.56 Å². The predicted molar refractivity (Wildman–Crippen MR) is 115 cm³/mol. The fourth-order valence-corrected chi connectivity index (χ4v) is 3.66. The van der Waals surface area contributed by atoms with Gasteiger partial charge in [0, 0.05) is 42.0 Å². The quantitative estimate of drug-likeness (QED) is 0.594. The molecule has 0 atom stereocenters. The molecule has 0 saturated heterocycles. The molecule has 0 unspecified atom stereocenters. The fraction of sp³-hybridized carbons (Fsp3) is 0.350. The van der Waals surface area contributed by atoms with Crippen LogP contribution in [0.5, 0.6) is 5.88 Å². The maximum Gasteiger partial charge on any atom is 0.275 e. The zero-order valence-electron chi connectivity index (χ0n) is 17.1. The Labute approximate surface area is 182 Å². The molecule has 11 heteroatoms. The number of hydrogen-bond donors (Lipinski definition) is 2. The van der Waals surface area contributed by atoms with Gasteiger partial charge in [0.2, 0.25) is 5.88 Å². The molecule has 0 aliphatic carbocycles. The zero-order chi connectivity index (χ0) is 21.8. The average molecular weight is 443 g/mol. The van der Waals surface area contributed by atoms with Crippen molar-refractivity contribution in [3.05, 3.63) is 41.3 Å². The number of nitrogens with zero attached hydrogens (tertiary/aromatic N) is 4. The first-order valence-corrected chi connectivity index (χ1v) is 10.7. The molecule has 3 aromatic rings. The van der Waals surface area contributed by atoms with Crippen LogP contribution in [0.25, 0.3) is 10.6 Å². The van der Waals surface area contributed by atoms with E-state index in [1.165, 1.54) is 11.3 Å². The lowest BCUT2D eigenvalue weighted by molar-refractivity contribution is 0.0858. The van der Waals surface area contributed by atoms with Gasteiger partial charge in [0.25, 0.3) is 11.8 Å². The van der Waals surface area contributed by atoms with Gasteiger partial charge < -0.3 is 20.1 Å². The highest BCUT2D eigenvalue weighted by Crippen LogP contribution is 2.26. The third-order valence-electron chi connectivity index (χ3n) is 4.45. The number of pyridine rings is 1. The van der Waals surface area contributed by atoms with Crippen LogP contribution < -0.4 is 15.4 Å². The van der Waals surface area contributed by atoms with Crippen LogP contribution >= 0.6 is 11.3 Å². The van der Waals surface area contributed by atoms with Gasteiger partial charge in [-0.1, -0.05) is 0 Å². The summed E-state index contributed by atoms with van der Waals surface area (Å²) in [5.74, 6) is -0.369. The molecule has 4 bridgehead atoms. The topological polar surface area (TPSA) is 120 Å². The van der Waals surface area contributed by atoms with E-state index in [4.69, 9.17) is 9.47 Å². The monoisotopic (exact) mass is 442 g/mol. The molecular formula is C20H22N6O4S. The van der Waals surface area contributed by atoms with Gasteiger partial charge in [0.1, 0.15) is 17.3 Å². The normalized spacial score (nSPS) is 15.3. The van der Waals surface area contributed by atoms with Gasteiger partial charge in [-0.25, -0.2) is 9.97 Å². The minimum absolute atomic E-state index is 0.0221. The third-order valence-corrected chi connectivity index (χ3v) is 5.34. The second-order valence-electron chi connectivity index (χ2n) is 7.06. The smallest absolute Gasteiger partial charge is 0.275 e. The molecule has 0 spiro atoms. The number of thiazole rings is 1. The summed E-state index contributed by atoms with van der Waals surface area (Å²) in [6.45, 7) is 5.16. The Morgan fingerprint density at radius 3 is 2.90 bits per heavy atom. The SMILES string of the molecule is CC(C)n1cc2c(n1)C(=O)NCCOCCOc1cc(ccn1)-c1nc(cs1)C(=O)N2. The van der Waals surface area contributed by atoms with Crippen molar-refractivity contribution in [3.8, 4) is 16.5 Å². The Kier molecular flexibility index (Phi) is 6.23.